The summed E-state index contributed by atoms with van der Waals surface area (Å²) in [4.78, 5) is 50.2. The molecule has 0 unspecified atom stereocenters. The highest BCUT2D eigenvalue weighted by atomic mass is 19.4. The van der Waals surface area contributed by atoms with Gasteiger partial charge in [0.1, 0.15) is 35.9 Å². The monoisotopic (exact) mass is 1120 g/mol. The summed E-state index contributed by atoms with van der Waals surface area (Å²) in [6, 6.07) is 14.3. The van der Waals surface area contributed by atoms with E-state index in [1.807, 2.05) is 34.1 Å². The number of carbonyl (C=O) groups excluding carboxylic acids is 2. The quantitative estimate of drug-likeness (QED) is 0.142. The van der Waals surface area contributed by atoms with E-state index in [9.17, 15) is 46.1 Å². The maximum atomic E-state index is 12.7. The molecule has 28 heteroatoms. The number of amides is 2. The van der Waals surface area contributed by atoms with Crippen molar-refractivity contribution in [3.8, 4) is 34.2 Å². The number of fused-ring (bicyclic) bond motifs is 2. The lowest BCUT2D eigenvalue weighted by atomic mass is 10.2. The molecule has 0 spiro atoms. The Labute approximate surface area is 453 Å². The summed E-state index contributed by atoms with van der Waals surface area (Å²) >= 11 is 0. The number of carbonyl (C=O) groups is 2. The second-order valence-electron chi connectivity index (χ2n) is 21.2. The van der Waals surface area contributed by atoms with E-state index in [0.29, 0.717) is 83.0 Å². The lowest BCUT2D eigenvalue weighted by Gasteiger charge is -2.27. The van der Waals surface area contributed by atoms with E-state index in [-0.39, 0.29) is 26.2 Å². The van der Waals surface area contributed by atoms with Gasteiger partial charge in [-0.15, -0.1) is 0 Å². The molecule has 22 nitrogen and oxygen atoms in total. The number of anilines is 2. The molecule has 424 valence electrons. The summed E-state index contributed by atoms with van der Waals surface area (Å²) < 4.78 is 92.3. The number of aromatic nitrogens is 12. The highest BCUT2D eigenvalue weighted by Crippen LogP contribution is 2.29. The van der Waals surface area contributed by atoms with Crippen LogP contribution in [0, 0.1) is 0 Å². The molecule has 0 aliphatic carbocycles. The zero-order chi connectivity index (χ0) is 57.3. The lowest BCUT2D eigenvalue weighted by Crippen LogP contribution is -2.41. The van der Waals surface area contributed by atoms with Gasteiger partial charge in [0.05, 0.1) is 72.5 Å². The van der Waals surface area contributed by atoms with E-state index >= 15 is 0 Å². The Morgan fingerprint density at radius 2 is 0.925 bits per heavy atom. The van der Waals surface area contributed by atoms with E-state index in [0.717, 1.165) is 20.1 Å². The van der Waals surface area contributed by atoms with Gasteiger partial charge in [-0.1, -0.05) is 12.1 Å². The summed E-state index contributed by atoms with van der Waals surface area (Å²) in [5.74, 6) is 2.18. The third-order valence-electron chi connectivity index (χ3n) is 12.3. The van der Waals surface area contributed by atoms with Crippen molar-refractivity contribution < 1.29 is 55.6 Å². The van der Waals surface area contributed by atoms with Gasteiger partial charge >= 0.3 is 24.5 Å². The SMILES string of the molecule is CC(C)(C)OC(=O)N1CCN(c2cccc(-n3ncc4cnc(-c5cnn(CC(F)(F)F)c5)cc43)n2)C[C@@H](O)C1.CC(C)(C)OC(=O)N1CCN(c2cccc(-n3ncc4cnc(-c5cnn(CC(F)(F)F)c5)cc43)n2)C[C@H](O)C1. The number of hydrogen-bond donors (Lipinski definition) is 2. The fraction of sp³-hybridized carbons (Fsp3) is 0.423. The number of aliphatic hydroxyl groups excluding tert-OH is 2. The number of aliphatic hydroxyl groups is 2. The maximum Gasteiger partial charge on any atom is 0.410 e. The fourth-order valence-corrected chi connectivity index (χ4v) is 8.85. The van der Waals surface area contributed by atoms with Crippen LogP contribution in [0.3, 0.4) is 0 Å². The van der Waals surface area contributed by atoms with Crippen LogP contribution >= 0.6 is 0 Å². The molecule has 10 rings (SSSR count). The highest BCUT2D eigenvalue weighted by molar-refractivity contribution is 5.84. The number of alkyl halides is 6. The van der Waals surface area contributed by atoms with Gasteiger partial charge in [0, 0.05) is 86.0 Å². The molecule has 2 N–H and O–H groups in total. The van der Waals surface area contributed by atoms with Gasteiger partial charge in [0.15, 0.2) is 11.6 Å². The van der Waals surface area contributed by atoms with Crippen LogP contribution in [0.1, 0.15) is 41.5 Å². The van der Waals surface area contributed by atoms with Crippen LogP contribution in [-0.4, -0.2) is 179 Å². The molecule has 2 amide bonds. The first-order valence-corrected chi connectivity index (χ1v) is 25.3. The number of pyridine rings is 4. The number of hydrogen-bond acceptors (Lipinski definition) is 16. The summed E-state index contributed by atoms with van der Waals surface area (Å²) in [5.41, 5.74) is 1.79. The smallest absolute Gasteiger partial charge is 0.410 e. The Kier molecular flexibility index (Phi) is 15.8. The predicted octanol–water partition coefficient (Wildman–Crippen LogP) is 7.32. The van der Waals surface area contributed by atoms with E-state index in [4.69, 9.17) is 19.4 Å². The molecular weight excluding hydrogens is 1060 g/mol. The van der Waals surface area contributed by atoms with E-state index < -0.39 is 61.0 Å². The van der Waals surface area contributed by atoms with Gasteiger partial charge in [-0.25, -0.2) is 28.9 Å². The first-order chi connectivity index (χ1) is 37.7. The Bertz CT molecular complexity index is 3250. The lowest BCUT2D eigenvalue weighted by molar-refractivity contribution is -0.143. The molecule has 2 saturated heterocycles. The fourth-order valence-electron chi connectivity index (χ4n) is 8.85. The van der Waals surface area contributed by atoms with Crippen LogP contribution in [0.4, 0.5) is 47.6 Å². The Hall–Kier alpha value is -8.40. The summed E-state index contributed by atoms with van der Waals surface area (Å²) in [7, 11) is 0. The first kappa shape index (κ1) is 56.3. The second kappa shape index (κ2) is 22.4. The summed E-state index contributed by atoms with van der Waals surface area (Å²) in [6.07, 6.45) is 0.373. The Morgan fingerprint density at radius 3 is 1.30 bits per heavy atom. The number of nitrogens with zero attached hydrogens (tertiary/aromatic N) is 16. The number of β-amino-alcohol motifs (C(OH)–C–C–N with tert-alkyl or cyclic N) is 2. The van der Waals surface area contributed by atoms with Crippen LogP contribution in [0.5, 0.6) is 0 Å². The van der Waals surface area contributed by atoms with Gasteiger partial charge < -0.3 is 39.3 Å². The van der Waals surface area contributed by atoms with E-state index in [1.54, 1.807) is 100.0 Å². The molecule has 10 heterocycles. The zero-order valence-corrected chi connectivity index (χ0v) is 44.4. The molecule has 0 radical (unpaired) electrons. The molecule has 0 saturated carbocycles. The van der Waals surface area contributed by atoms with Gasteiger partial charge in [-0.05, 0) is 77.9 Å². The van der Waals surface area contributed by atoms with Crippen molar-refractivity contribution in [3.63, 3.8) is 0 Å². The van der Waals surface area contributed by atoms with E-state index in [2.05, 4.69) is 30.4 Å². The van der Waals surface area contributed by atoms with Crippen molar-refractivity contribution in [1.29, 1.82) is 0 Å². The summed E-state index contributed by atoms with van der Waals surface area (Å²) in [6.45, 7) is 10.8. The minimum atomic E-state index is -4.38. The third kappa shape index (κ3) is 14.3. The minimum absolute atomic E-state index is 0.143. The number of ether oxygens (including phenoxy) is 2. The van der Waals surface area contributed by atoms with Crippen LogP contribution in [0.2, 0.25) is 0 Å². The second-order valence-corrected chi connectivity index (χ2v) is 21.2. The Morgan fingerprint density at radius 1 is 0.537 bits per heavy atom. The van der Waals surface area contributed by atoms with Gasteiger partial charge in [0.25, 0.3) is 0 Å². The molecule has 2 atom stereocenters. The normalized spacial score (nSPS) is 16.8. The van der Waals surface area contributed by atoms with Crippen molar-refractivity contribution >= 4 is 45.6 Å². The molecule has 80 heavy (non-hydrogen) atoms. The third-order valence-corrected chi connectivity index (χ3v) is 12.3. The number of rotatable bonds is 8. The van der Waals surface area contributed by atoms with Gasteiger partial charge in [-0.3, -0.25) is 19.3 Å². The first-order valence-electron chi connectivity index (χ1n) is 25.3. The van der Waals surface area contributed by atoms with Crippen LogP contribution < -0.4 is 9.80 Å². The van der Waals surface area contributed by atoms with Crippen molar-refractivity contribution in [2.75, 3.05) is 62.2 Å². The van der Waals surface area contributed by atoms with Crippen LogP contribution in [0.15, 0.2) is 98.1 Å². The molecule has 2 aliphatic heterocycles. The van der Waals surface area contributed by atoms with Crippen molar-refractivity contribution in [2.45, 2.75) is 90.4 Å². The van der Waals surface area contributed by atoms with Crippen molar-refractivity contribution in [2.24, 2.45) is 0 Å². The largest absolute Gasteiger partial charge is 0.444 e. The molecule has 0 bridgehead atoms. The maximum absolute atomic E-state index is 12.7. The van der Waals surface area contributed by atoms with Crippen LogP contribution in [-0.2, 0) is 22.6 Å². The zero-order valence-electron chi connectivity index (χ0n) is 44.4. The average Bonchev–Trinajstić information content (AvgIpc) is 4.18. The van der Waals surface area contributed by atoms with E-state index in [1.165, 1.54) is 34.6 Å². The van der Waals surface area contributed by atoms with Gasteiger partial charge in [0.2, 0.25) is 0 Å². The standard InChI is InChI=1S/2C26H29F3N8O3/c2*1-25(2,3)40-24(39)35-8-7-34(14-19(38)15-35)22-5-4-6-23(33-22)37-21-9-20(30-10-17(21)11-32-37)18-12-31-36(13-18)16-26(27,28)29/h2*4-6,9-13,19,38H,7-8,14-16H2,1-3H3/t2*19-/m10/s1. The average molecular weight is 1120 g/mol. The molecule has 8 aromatic heterocycles. The topological polar surface area (TPSA) is 229 Å². The molecule has 8 aromatic rings. The van der Waals surface area contributed by atoms with Crippen LogP contribution in [0.25, 0.3) is 56.0 Å². The van der Waals surface area contributed by atoms with Crippen molar-refractivity contribution in [1.82, 2.24) is 68.9 Å². The summed E-state index contributed by atoms with van der Waals surface area (Å²) in [5, 5.41) is 39.2. The molecular formula is C52H58F6N16O6. The predicted molar refractivity (Wildman–Crippen MR) is 280 cm³/mol. The highest BCUT2D eigenvalue weighted by Gasteiger charge is 2.32. The number of halogens is 6. The van der Waals surface area contributed by atoms with Crippen molar-refractivity contribution in [3.05, 3.63) is 98.1 Å². The molecule has 2 aliphatic rings. The Balaban J connectivity index is 0.000000194. The molecule has 0 aromatic carbocycles. The molecule has 2 fully saturated rings. The van der Waals surface area contributed by atoms with Gasteiger partial charge in [-0.2, -0.15) is 46.7 Å². The minimum Gasteiger partial charge on any atom is -0.444 e.